The zero-order valence-electron chi connectivity index (χ0n) is 15.6. The molecule has 0 saturated carbocycles. The number of benzene rings is 1. The van der Waals surface area contributed by atoms with Crippen molar-refractivity contribution < 1.29 is 29.1 Å². The molecule has 3 rings (SSSR count). The maximum atomic E-state index is 12.7. The molecule has 2 aliphatic heterocycles. The zero-order valence-corrected chi connectivity index (χ0v) is 18.7. The van der Waals surface area contributed by atoms with E-state index in [1.807, 2.05) is 0 Å². The molecule has 2 atom stereocenters. The van der Waals surface area contributed by atoms with E-state index in [0.29, 0.717) is 22.1 Å². The van der Waals surface area contributed by atoms with E-state index in [4.69, 9.17) is 44.3 Å². The van der Waals surface area contributed by atoms with Crippen LogP contribution in [-0.4, -0.2) is 67.1 Å². The van der Waals surface area contributed by atoms with Gasteiger partial charge in [0.25, 0.3) is 11.8 Å². The topological polar surface area (TPSA) is 96.4 Å². The standard InChI is InChI=1S/C18H17Cl3N2O6S/c1-10-8-30-16-14(23(27)12(24)7-28-11-5-3-2-4-6-11)15(25)22(16)13(10)17(26)29-9-18(19,20)21/h2-6,14,16,27H,7-9H2,1H3/t14?,16-/m0/s1. The van der Waals surface area contributed by atoms with Crippen LogP contribution >= 0.6 is 46.6 Å². The Balaban J connectivity index is 1.65. The van der Waals surface area contributed by atoms with Crippen molar-refractivity contribution in [2.24, 2.45) is 0 Å². The molecule has 0 aromatic heterocycles. The van der Waals surface area contributed by atoms with Gasteiger partial charge in [0.1, 0.15) is 23.4 Å². The van der Waals surface area contributed by atoms with Crippen LogP contribution in [0, 0.1) is 0 Å². The number of nitrogens with zero attached hydrogens (tertiary/aromatic N) is 2. The first kappa shape index (κ1) is 23.0. The van der Waals surface area contributed by atoms with Crippen LogP contribution in [0.15, 0.2) is 41.6 Å². The van der Waals surface area contributed by atoms with Gasteiger partial charge in [0, 0.05) is 5.75 Å². The molecule has 0 spiro atoms. The van der Waals surface area contributed by atoms with E-state index in [1.54, 1.807) is 37.3 Å². The molecule has 2 aliphatic rings. The highest BCUT2D eigenvalue weighted by Gasteiger charge is 2.57. The molecule has 1 aromatic carbocycles. The first-order valence-electron chi connectivity index (χ1n) is 8.67. The van der Waals surface area contributed by atoms with Crippen molar-refractivity contribution in [2.45, 2.75) is 22.1 Å². The number of carbonyl (C=O) groups is 3. The van der Waals surface area contributed by atoms with E-state index in [0.717, 1.165) is 0 Å². The number of thioether (sulfide) groups is 1. The molecule has 2 heterocycles. The summed E-state index contributed by atoms with van der Waals surface area (Å²) in [6, 6.07) is 7.43. The lowest BCUT2D eigenvalue weighted by molar-refractivity contribution is -0.199. The number of esters is 1. The second kappa shape index (κ2) is 9.23. The van der Waals surface area contributed by atoms with Crippen LogP contribution in [0.2, 0.25) is 0 Å². The minimum atomic E-state index is -1.79. The summed E-state index contributed by atoms with van der Waals surface area (Å²) >= 11 is 18.1. The summed E-state index contributed by atoms with van der Waals surface area (Å²) in [6.07, 6.45) is 0. The molecule has 12 heteroatoms. The Bertz CT molecular complexity index is 876. The van der Waals surface area contributed by atoms with Gasteiger partial charge in [0.2, 0.25) is 3.79 Å². The maximum absolute atomic E-state index is 12.7. The molecule has 0 aliphatic carbocycles. The van der Waals surface area contributed by atoms with Gasteiger partial charge >= 0.3 is 5.97 Å². The Morgan fingerprint density at radius 2 is 1.97 bits per heavy atom. The lowest BCUT2D eigenvalue weighted by atomic mass is 10.0. The SMILES string of the molecule is CC1=C(C(=O)OCC(Cl)(Cl)Cl)N2C(=O)C(N(O)C(=O)COc3ccccc3)[C@@H]2SC1. The zero-order chi connectivity index (χ0) is 22.1. The highest BCUT2D eigenvalue weighted by molar-refractivity contribution is 8.00. The highest BCUT2D eigenvalue weighted by Crippen LogP contribution is 2.42. The molecule has 1 aromatic rings. The number of rotatable bonds is 6. The molecule has 0 bridgehead atoms. The number of halogens is 3. The van der Waals surface area contributed by atoms with E-state index in [1.165, 1.54) is 16.7 Å². The van der Waals surface area contributed by atoms with Crippen LogP contribution in [0.4, 0.5) is 0 Å². The molecule has 1 saturated heterocycles. The van der Waals surface area contributed by atoms with Gasteiger partial charge in [-0.15, -0.1) is 11.8 Å². The summed E-state index contributed by atoms with van der Waals surface area (Å²) in [4.78, 5) is 38.6. The highest BCUT2D eigenvalue weighted by atomic mass is 35.6. The predicted octanol–water partition coefficient (Wildman–Crippen LogP) is 2.75. The number of carbonyl (C=O) groups excluding carboxylic acids is 3. The average Bonchev–Trinajstić information content (AvgIpc) is 2.70. The second-order valence-corrected chi connectivity index (χ2v) is 10.1. The van der Waals surface area contributed by atoms with Crippen molar-refractivity contribution in [2.75, 3.05) is 19.0 Å². The monoisotopic (exact) mass is 494 g/mol. The van der Waals surface area contributed by atoms with Gasteiger partial charge in [-0.05, 0) is 24.6 Å². The van der Waals surface area contributed by atoms with Crippen LogP contribution in [-0.2, 0) is 19.1 Å². The van der Waals surface area contributed by atoms with E-state index in [-0.39, 0.29) is 5.70 Å². The number of fused-ring (bicyclic) bond motifs is 1. The Kier molecular flexibility index (Phi) is 7.09. The predicted molar refractivity (Wildman–Crippen MR) is 111 cm³/mol. The third kappa shape index (κ3) is 4.97. The largest absolute Gasteiger partial charge is 0.484 e. The molecule has 2 amide bonds. The maximum Gasteiger partial charge on any atom is 0.355 e. The Morgan fingerprint density at radius 3 is 2.60 bits per heavy atom. The van der Waals surface area contributed by atoms with Gasteiger partial charge < -0.3 is 9.47 Å². The normalized spacial score (nSPS) is 21.0. The van der Waals surface area contributed by atoms with Crippen LogP contribution in [0.5, 0.6) is 5.75 Å². The Hall–Kier alpha value is -1.65. The lowest BCUT2D eigenvalue weighted by Gasteiger charge is -2.51. The number of para-hydroxylation sites is 1. The molecule has 1 unspecified atom stereocenters. The third-order valence-electron chi connectivity index (χ3n) is 4.32. The Morgan fingerprint density at radius 1 is 1.30 bits per heavy atom. The number of hydrogen-bond donors (Lipinski definition) is 1. The van der Waals surface area contributed by atoms with Crippen molar-refractivity contribution in [3.05, 3.63) is 41.6 Å². The van der Waals surface area contributed by atoms with Crippen LogP contribution < -0.4 is 4.74 Å². The number of hydroxylamine groups is 2. The van der Waals surface area contributed by atoms with Gasteiger partial charge in [-0.25, -0.2) is 9.86 Å². The van der Waals surface area contributed by atoms with Gasteiger partial charge in [-0.3, -0.25) is 19.7 Å². The van der Waals surface area contributed by atoms with E-state index < -0.39 is 46.2 Å². The van der Waals surface area contributed by atoms with Crippen LogP contribution in [0.25, 0.3) is 0 Å². The Labute approximate surface area is 191 Å². The summed E-state index contributed by atoms with van der Waals surface area (Å²) < 4.78 is 8.51. The molecular weight excluding hydrogens is 479 g/mol. The summed E-state index contributed by atoms with van der Waals surface area (Å²) in [7, 11) is 0. The first-order chi connectivity index (χ1) is 14.1. The number of amides is 2. The second-order valence-electron chi connectivity index (χ2n) is 6.51. The fraction of sp³-hybridized carbons (Fsp3) is 0.389. The minimum Gasteiger partial charge on any atom is -0.484 e. The molecule has 30 heavy (non-hydrogen) atoms. The third-order valence-corrected chi connectivity index (χ3v) is 6.05. The molecule has 0 radical (unpaired) electrons. The van der Waals surface area contributed by atoms with Gasteiger partial charge in [-0.1, -0.05) is 53.0 Å². The fourth-order valence-electron chi connectivity index (χ4n) is 2.93. The number of hydrogen-bond acceptors (Lipinski definition) is 7. The molecule has 8 nitrogen and oxygen atoms in total. The number of β-lactam (4-membered cyclic amide) rings is 1. The van der Waals surface area contributed by atoms with Gasteiger partial charge in [0.15, 0.2) is 12.6 Å². The molecule has 162 valence electrons. The number of ether oxygens (including phenoxy) is 2. The van der Waals surface area contributed by atoms with Crippen molar-refractivity contribution in [1.29, 1.82) is 0 Å². The molecular formula is C18H17Cl3N2O6S. The van der Waals surface area contributed by atoms with E-state index in [2.05, 4.69) is 0 Å². The van der Waals surface area contributed by atoms with Crippen LogP contribution in [0.3, 0.4) is 0 Å². The quantitative estimate of drug-likeness (QED) is 0.213. The van der Waals surface area contributed by atoms with Gasteiger partial charge in [-0.2, -0.15) is 0 Å². The van der Waals surface area contributed by atoms with Crippen LogP contribution in [0.1, 0.15) is 6.92 Å². The van der Waals surface area contributed by atoms with Gasteiger partial charge in [0.05, 0.1) is 0 Å². The van der Waals surface area contributed by atoms with Crippen molar-refractivity contribution >= 4 is 64.3 Å². The summed E-state index contributed by atoms with van der Waals surface area (Å²) in [5.41, 5.74) is 0.622. The lowest BCUT2D eigenvalue weighted by Crippen LogP contribution is -2.71. The summed E-state index contributed by atoms with van der Waals surface area (Å²) in [5, 5.41) is 9.98. The van der Waals surface area contributed by atoms with Crippen molar-refractivity contribution in [1.82, 2.24) is 9.96 Å². The van der Waals surface area contributed by atoms with Crippen molar-refractivity contribution in [3.63, 3.8) is 0 Å². The first-order valence-corrected chi connectivity index (χ1v) is 10.9. The average molecular weight is 496 g/mol. The molecule has 1 N–H and O–H groups in total. The summed E-state index contributed by atoms with van der Waals surface area (Å²) in [6.45, 7) is 0.734. The van der Waals surface area contributed by atoms with E-state index >= 15 is 0 Å². The van der Waals surface area contributed by atoms with Crippen molar-refractivity contribution in [3.8, 4) is 5.75 Å². The fourth-order valence-corrected chi connectivity index (χ4v) is 4.43. The number of alkyl halides is 3. The van der Waals surface area contributed by atoms with E-state index in [9.17, 15) is 19.6 Å². The molecule has 1 fully saturated rings. The minimum absolute atomic E-state index is 0.0237. The summed E-state index contributed by atoms with van der Waals surface area (Å²) in [5.74, 6) is -1.39. The smallest absolute Gasteiger partial charge is 0.355 e.